The number of nitrogens with two attached hydrogens (primary N) is 1. The van der Waals surface area contributed by atoms with Gasteiger partial charge in [0.2, 0.25) is 0 Å². The monoisotopic (exact) mass is 195 g/mol. The third-order valence-corrected chi connectivity index (χ3v) is 3.37. The normalized spacial score (nSPS) is 10.8. The van der Waals surface area contributed by atoms with Crippen molar-refractivity contribution in [3.63, 3.8) is 0 Å². The number of hydrogen-bond acceptors (Lipinski definition) is 3. The molecule has 2 N–H and O–H groups in total. The number of nitrogen functional groups attached to an aromatic ring is 1. The van der Waals surface area contributed by atoms with Crippen molar-refractivity contribution < 1.29 is 0 Å². The Morgan fingerprint density at radius 2 is 2.17 bits per heavy atom. The fourth-order valence-electron chi connectivity index (χ4n) is 1.18. The summed E-state index contributed by atoms with van der Waals surface area (Å²) in [4.78, 5) is 1.01. The van der Waals surface area contributed by atoms with Crippen LogP contribution in [0, 0.1) is 6.92 Å². The molecule has 12 heavy (non-hydrogen) atoms. The predicted molar refractivity (Wildman–Crippen MR) is 58.2 cm³/mol. The van der Waals surface area contributed by atoms with Gasteiger partial charge in [-0.25, -0.2) is 0 Å². The van der Waals surface area contributed by atoms with E-state index in [9.17, 15) is 0 Å². The summed E-state index contributed by atoms with van der Waals surface area (Å²) in [6.07, 6.45) is 0. The van der Waals surface area contributed by atoms with Gasteiger partial charge in [-0.1, -0.05) is 0 Å². The number of fused-ring (bicyclic) bond motifs is 1. The van der Waals surface area contributed by atoms with E-state index in [1.54, 1.807) is 11.3 Å². The van der Waals surface area contributed by atoms with Crippen LogP contribution in [0.25, 0.3) is 10.1 Å². The van der Waals surface area contributed by atoms with E-state index in [-0.39, 0.29) is 0 Å². The summed E-state index contributed by atoms with van der Waals surface area (Å²) < 4.78 is 1.24. The molecule has 2 rings (SSSR count). The highest BCUT2D eigenvalue weighted by atomic mass is 32.1. The first-order valence-corrected chi connectivity index (χ1v) is 4.97. The lowest BCUT2D eigenvalue weighted by molar-refractivity contribution is 1.35. The van der Waals surface area contributed by atoms with E-state index < -0.39 is 0 Å². The zero-order chi connectivity index (χ0) is 8.72. The van der Waals surface area contributed by atoms with Gasteiger partial charge in [0.05, 0.1) is 5.69 Å². The van der Waals surface area contributed by atoms with Gasteiger partial charge in [-0.05, 0) is 24.6 Å². The number of thiophene rings is 1. The number of rotatable bonds is 0. The van der Waals surface area contributed by atoms with Gasteiger partial charge < -0.3 is 5.73 Å². The number of aryl methyl sites for hydroxylation is 1. The minimum absolute atomic E-state index is 0.852. The van der Waals surface area contributed by atoms with Gasteiger partial charge in [0.25, 0.3) is 0 Å². The van der Waals surface area contributed by atoms with Crippen molar-refractivity contribution in [3.8, 4) is 0 Å². The average molecular weight is 195 g/mol. The number of hydrogen-bond donors (Lipinski definition) is 2. The first-order chi connectivity index (χ1) is 5.68. The maximum atomic E-state index is 5.77. The van der Waals surface area contributed by atoms with Crippen molar-refractivity contribution in [2.75, 3.05) is 5.73 Å². The maximum absolute atomic E-state index is 5.77. The van der Waals surface area contributed by atoms with Gasteiger partial charge in [0.15, 0.2) is 0 Å². The molecule has 3 heteroatoms. The minimum atomic E-state index is 0.852. The summed E-state index contributed by atoms with van der Waals surface area (Å²) in [6, 6.07) is 4.15. The third-order valence-electron chi connectivity index (χ3n) is 1.92. The highest BCUT2D eigenvalue weighted by molar-refractivity contribution is 7.80. The first kappa shape index (κ1) is 7.95. The van der Waals surface area contributed by atoms with Gasteiger partial charge in [-0.15, -0.1) is 24.0 Å². The smallest absolute Gasteiger partial charge is 0.0503 e. The first-order valence-electron chi connectivity index (χ1n) is 3.65. The van der Waals surface area contributed by atoms with E-state index >= 15 is 0 Å². The van der Waals surface area contributed by atoms with Crippen molar-refractivity contribution in [1.82, 2.24) is 0 Å². The summed E-state index contributed by atoms with van der Waals surface area (Å²) in [5, 5.41) is 3.09. The molecule has 0 atom stereocenters. The highest BCUT2D eigenvalue weighted by Gasteiger charge is 2.02. The topological polar surface area (TPSA) is 26.0 Å². The molecule has 1 nitrogen and oxygen atoms in total. The van der Waals surface area contributed by atoms with Crippen molar-refractivity contribution in [2.24, 2.45) is 0 Å². The van der Waals surface area contributed by atoms with E-state index in [1.807, 2.05) is 11.4 Å². The van der Waals surface area contributed by atoms with Gasteiger partial charge in [-0.2, -0.15) is 0 Å². The van der Waals surface area contributed by atoms with Crippen LogP contribution in [0.15, 0.2) is 22.4 Å². The minimum Gasteiger partial charge on any atom is -0.398 e. The molecule has 1 heterocycles. The fourth-order valence-corrected chi connectivity index (χ4v) is 2.31. The second-order valence-corrected chi connectivity index (χ2v) is 4.22. The average Bonchev–Trinajstić information content (AvgIpc) is 2.35. The molecule has 1 aromatic heterocycles. The van der Waals surface area contributed by atoms with Crippen LogP contribution in [-0.4, -0.2) is 0 Å². The Labute approximate surface area is 80.6 Å². The molecule has 62 valence electrons. The molecule has 1 aromatic carbocycles. The lowest BCUT2D eigenvalue weighted by Gasteiger charge is -1.98. The second kappa shape index (κ2) is 2.68. The molecule has 0 amide bonds. The van der Waals surface area contributed by atoms with Crippen molar-refractivity contribution in [2.45, 2.75) is 11.8 Å². The molecule has 0 saturated heterocycles. The van der Waals surface area contributed by atoms with E-state index in [0.29, 0.717) is 0 Å². The number of thiol groups is 1. The molecule has 0 unspecified atom stereocenters. The second-order valence-electron chi connectivity index (χ2n) is 2.83. The molecular weight excluding hydrogens is 186 g/mol. The Kier molecular flexibility index (Phi) is 1.77. The van der Waals surface area contributed by atoms with Crippen LogP contribution < -0.4 is 5.73 Å². The van der Waals surface area contributed by atoms with Crippen molar-refractivity contribution in [1.29, 1.82) is 0 Å². The zero-order valence-corrected chi connectivity index (χ0v) is 8.38. The lowest BCUT2D eigenvalue weighted by atomic mass is 10.2. The van der Waals surface area contributed by atoms with E-state index in [0.717, 1.165) is 16.0 Å². The van der Waals surface area contributed by atoms with Crippen molar-refractivity contribution in [3.05, 3.63) is 23.1 Å². The molecule has 0 fully saturated rings. The molecule has 0 spiro atoms. The molecule has 0 radical (unpaired) electrons. The summed E-state index contributed by atoms with van der Waals surface area (Å²) in [7, 11) is 0. The predicted octanol–water partition coefficient (Wildman–Crippen LogP) is 3.08. The van der Waals surface area contributed by atoms with Crippen LogP contribution in [0.4, 0.5) is 5.69 Å². The molecule has 0 aliphatic rings. The zero-order valence-electron chi connectivity index (χ0n) is 6.66. The summed E-state index contributed by atoms with van der Waals surface area (Å²) in [5.41, 5.74) is 7.83. The van der Waals surface area contributed by atoms with Crippen LogP contribution >= 0.6 is 24.0 Å². The molecule has 0 aliphatic carbocycles. The summed E-state index contributed by atoms with van der Waals surface area (Å²) >= 11 is 6.02. The lowest BCUT2D eigenvalue weighted by Crippen LogP contribution is -1.81. The summed E-state index contributed by atoms with van der Waals surface area (Å²) in [5.74, 6) is 0. The van der Waals surface area contributed by atoms with E-state index in [4.69, 9.17) is 5.73 Å². The van der Waals surface area contributed by atoms with Gasteiger partial charge in [0.1, 0.15) is 0 Å². The standard InChI is InChI=1S/C9H9NS2/c1-5-2-9-6(3-8(5)11)7(10)4-12-9/h2-4,11H,10H2,1H3. The Hall–Kier alpha value is -0.670. The highest BCUT2D eigenvalue weighted by Crippen LogP contribution is 2.31. The molecule has 2 aromatic rings. The Morgan fingerprint density at radius 3 is 2.92 bits per heavy atom. The largest absolute Gasteiger partial charge is 0.398 e. The van der Waals surface area contributed by atoms with Crippen LogP contribution in [0.5, 0.6) is 0 Å². The third kappa shape index (κ3) is 1.09. The molecule has 0 bridgehead atoms. The maximum Gasteiger partial charge on any atom is 0.0503 e. The summed E-state index contributed by atoms with van der Waals surface area (Å²) in [6.45, 7) is 2.05. The molecular formula is C9H9NS2. The van der Waals surface area contributed by atoms with E-state index in [2.05, 4.69) is 25.6 Å². The fraction of sp³-hybridized carbons (Fsp3) is 0.111. The number of benzene rings is 1. The molecule has 0 saturated carbocycles. The van der Waals surface area contributed by atoms with Crippen LogP contribution in [-0.2, 0) is 0 Å². The molecule has 0 aliphatic heterocycles. The van der Waals surface area contributed by atoms with Crippen LogP contribution in [0.2, 0.25) is 0 Å². The van der Waals surface area contributed by atoms with Gasteiger partial charge >= 0.3 is 0 Å². The van der Waals surface area contributed by atoms with Gasteiger partial charge in [-0.3, -0.25) is 0 Å². The van der Waals surface area contributed by atoms with Crippen LogP contribution in [0.3, 0.4) is 0 Å². The van der Waals surface area contributed by atoms with Gasteiger partial charge in [0, 0.05) is 20.4 Å². The van der Waals surface area contributed by atoms with Crippen molar-refractivity contribution >= 4 is 39.7 Å². The van der Waals surface area contributed by atoms with E-state index in [1.165, 1.54) is 10.3 Å². The Balaban J connectivity index is 2.87. The Bertz CT molecular complexity index is 431. The Morgan fingerprint density at radius 1 is 1.42 bits per heavy atom. The number of anilines is 1. The SMILES string of the molecule is Cc1cc2scc(N)c2cc1S. The quantitative estimate of drug-likeness (QED) is 0.621. The van der Waals surface area contributed by atoms with Crippen LogP contribution in [0.1, 0.15) is 5.56 Å².